The van der Waals surface area contributed by atoms with Crippen molar-refractivity contribution in [1.82, 2.24) is 0 Å². The van der Waals surface area contributed by atoms with Crippen molar-refractivity contribution in [2.45, 2.75) is 26.2 Å². The lowest BCUT2D eigenvalue weighted by molar-refractivity contribution is -0.137. The molecule has 0 atom stereocenters. The lowest BCUT2D eigenvalue weighted by Gasteiger charge is -2.08. The zero-order chi connectivity index (χ0) is 12.7. The van der Waals surface area contributed by atoms with E-state index in [1.54, 1.807) is 12.1 Å². The molecule has 0 aromatic heterocycles. The number of carboxylic acid groups (broad SMARTS) is 1. The zero-order valence-electron chi connectivity index (χ0n) is 9.77. The van der Waals surface area contributed by atoms with E-state index in [4.69, 9.17) is 15.1 Å². The fourth-order valence-corrected chi connectivity index (χ4v) is 1.39. The maximum absolute atomic E-state index is 10.3. The van der Waals surface area contributed by atoms with Crippen molar-refractivity contribution in [3.05, 3.63) is 29.3 Å². The smallest absolute Gasteiger partial charge is 0.303 e. The summed E-state index contributed by atoms with van der Waals surface area (Å²) in [5.41, 5.74) is 1.54. The highest BCUT2D eigenvalue weighted by molar-refractivity contribution is 5.66. The van der Waals surface area contributed by atoms with Crippen LogP contribution < -0.4 is 4.74 Å². The molecule has 1 N–H and O–H groups in total. The molecule has 90 valence electrons. The molecule has 0 heterocycles. The van der Waals surface area contributed by atoms with Gasteiger partial charge in [-0.25, -0.2) is 0 Å². The van der Waals surface area contributed by atoms with Gasteiger partial charge in [0.25, 0.3) is 0 Å². The molecule has 0 amide bonds. The largest absolute Gasteiger partial charge is 0.493 e. The second-order valence-electron chi connectivity index (χ2n) is 3.79. The maximum Gasteiger partial charge on any atom is 0.303 e. The first-order valence-electron chi connectivity index (χ1n) is 5.49. The molecule has 0 saturated heterocycles. The molecule has 4 heteroatoms. The number of ether oxygens (including phenoxy) is 1. The number of carboxylic acids is 1. The van der Waals surface area contributed by atoms with Gasteiger partial charge >= 0.3 is 5.97 Å². The van der Waals surface area contributed by atoms with E-state index in [9.17, 15) is 4.79 Å². The van der Waals surface area contributed by atoms with E-state index >= 15 is 0 Å². The highest BCUT2D eigenvalue weighted by Crippen LogP contribution is 2.19. The number of aliphatic carboxylic acids is 1. The van der Waals surface area contributed by atoms with Crippen molar-refractivity contribution in [1.29, 1.82) is 5.26 Å². The summed E-state index contributed by atoms with van der Waals surface area (Å²) in [6.45, 7) is 2.39. The number of nitrogens with zero attached hydrogens (tertiary/aromatic N) is 1. The molecule has 1 aromatic carbocycles. The van der Waals surface area contributed by atoms with Crippen LogP contribution in [0.15, 0.2) is 18.2 Å². The quantitative estimate of drug-likeness (QED) is 0.766. The van der Waals surface area contributed by atoms with Crippen LogP contribution in [0.4, 0.5) is 0 Å². The molecule has 0 aliphatic heterocycles. The predicted octanol–water partition coefficient (Wildman–Crippen LogP) is 2.50. The van der Waals surface area contributed by atoms with Crippen LogP contribution in [0.5, 0.6) is 5.75 Å². The first-order chi connectivity index (χ1) is 8.13. The molecule has 0 radical (unpaired) electrons. The van der Waals surface area contributed by atoms with Crippen LogP contribution in [0.3, 0.4) is 0 Å². The molecule has 1 aromatic rings. The van der Waals surface area contributed by atoms with E-state index in [1.165, 1.54) is 0 Å². The molecule has 0 aliphatic carbocycles. The number of hydrogen-bond acceptors (Lipinski definition) is 3. The molecule has 0 fully saturated rings. The van der Waals surface area contributed by atoms with Crippen molar-refractivity contribution in [3.63, 3.8) is 0 Å². The number of benzene rings is 1. The Morgan fingerprint density at radius 1 is 1.47 bits per heavy atom. The molecule has 0 saturated carbocycles. The molecule has 1 rings (SSSR count). The van der Waals surface area contributed by atoms with Gasteiger partial charge < -0.3 is 9.84 Å². The third kappa shape index (κ3) is 4.56. The van der Waals surface area contributed by atoms with Crippen LogP contribution in [-0.2, 0) is 4.79 Å². The number of aryl methyl sites for hydroxylation is 1. The van der Waals surface area contributed by atoms with E-state index in [2.05, 4.69) is 6.07 Å². The second-order valence-corrected chi connectivity index (χ2v) is 3.79. The van der Waals surface area contributed by atoms with E-state index in [0.29, 0.717) is 30.8 Å². The number of nitriles is 1. The van der Waals surface area contributed by atoms with E-state index in [1.807, 2.05) is 13.0 Å². The average molecular weight is 233 g/mol. The normalized spacial score (nSPS) is 9.65. The average Bonchev–Trinajstić information content (AvgIpc) is 2.30. The minimum Gasteiger partial charge on any atom is -0.493 e. The van der Waals surface area contributed by atoms with E-state index in [-0.39, 0.29) is 6.42 Å². The van der Waals surface area contributed by atoms with Gasteiger partial charge in [0.1, 0.15) is 5.75 Å². The third-order valence-corrected chi connectivity index (χ3v) is 2.36. The summed E-state index contributed by atoms with van der Waals surface area (Å²) in [4.78, 5) is 10.3. The van der Waals surface area contributed by atoms with Crippen molar-refractivity contribution in [3.8, 4) is 11.8 Å². The van der Waals surface area contributed by atoms with Gasteiger partial charge in [-0.05, 0) is 37.5 Å². The number of rotatable bonds is 6. The van der Waals surface area contributed by atoms with Gasteiger partial charge in [-0.15, -0.1) is 0 Å². The fourth-order valence-electron chi connectivity index (χ4n) is 1.39. The summed E-state index contributed by atoms with van der Waals surface area (Å²) in [7, 11) is 0. The van der Waals surface area contributed by atoms with Crippen molar-refractivity contribution in [2.24, 2.45) is 0 Å². The molecule has 0 aliphatic rings. The number of unbranched alkanes of at least 4 members (excludes halogenated alkanes) is 1. The predicted molar refractivity (Wildman–Crippen MR) is 62.9 cm³/mol. The summed E-state index contributed by atoms with van der Waals surface area (Å²) >= 11 is 0. The highest BCUT2D eigenvalue weighted by Gasteiger charge is 2.02. The number of hydrogen-bond donors (Lipinski definition) is 1. The number of carbonyl (C=O) groups is 1. The maximum atomic E-state index is 10.3. The van der Waals surface area contributed by atoms with Crippen LogP contribution in [0, 0.1) is 18.3 Å². The van der Waals surface area contributed by atoms with Gasteiger partial charge in [0, 0.05) is 6.42 Å². The van der Waals surface area contributed by atoms with Crippen LogP contribution in [0.2, 0.25) is 0 Å². The highest BCUT2D eigenvalue weighted by atomic mass is 16.5. The Bertz CT molecular complexity index is 435. The van der Waals surface area contributed by atoms with Gasteiger partial charge in [-0.3, -0.25) is 4.79 Å². The van der Waals surface area contributed by atoms with Crippen LogP contribution in [0.1, 0.15) is 30.4 Å². The molecule has 0 unspecified atom stereocenters. The first kappa shape index (κ1) is 13.0. The molecule has 0 spiro atoms. The van der Waals surface area contributed by atoms with Crippen LogP contribution in [-0.4, -0.2) is 17.7 Å². The van der Waals surface area contributed by atoms with Crippen LogP contribution in [0.25, 0.3) is 0 Å². The minimum absolute atomic E-state index is 0.167. The molecular formula is C13H15NO3. The fraction of sp³-hybridized carbons (Fsp3) is 0.385. The molecule has 17 heavy (non-hydrogen) atoms. The topological polar surface area (TPSA) is 70.3 Å². The first-order valence-corrected chi connectivity index (χ1v) is 5.49. The summed E-state index contributed by atoms with van der Waals surface area (Å²) in [6, 6.07) is 7.34. The van der Waals surface area contributed by atoms with Gasteiger partial charge in [0.05, 0.1) is 18.2 Å². The lowest BCUT2D eigenvalue weighted by Crippen LogP contribution is -2.01. The van der Waals surface area contributed by atoms with E-state index < -0.39 is 5.97 Å². The zero-order valence-corrected chi connectivity index (χ0v) is 9.77. The Morgan fingerprint density at radius 2 is 2.24 bits per heavy atom. The third-order valence-electron chi connectivity index (χ3n) is 2.36. The van der Waals surface area contributed by atoms with Crippen molar-refractivity contribution >= 4 is 5.97 Å². The molecule has 0 bridgehead atoms. The summed E-state index contributed by atoms with van der Waals surface area (Å²) in [5, 5.41) is 17.2. The summed E-state index contributed by atoms with van der Waals surface area (Å²) in [5.74, 6) is -0.0907. The van der Waals surface area contributed by atoms with Crippen LogP contribution >= 0.6 is 0 Å². The SMILES string of the molecule is Cc1ccc(C#N)cc1OCCCCC(=O)O. The summed E-state index contributed by atoms with van der Waals surface area (Å²) in [6.07, 6.45) is 1.47. The standard InChI is InChI=1S/C13H15NO3/c1-10-5-6-11(9-14)8-12(10)17-7-3-2-4-13(15)16/h5-6,8H,2-4,7H2,1H3,(H,15,16). The van der Waals surface area contributed by atoms with Gasteiger partial charge in [0.2, 0.25) is 0 Å². The monoisotopic (exact) mass is 233 g/mol. The second kappa shape index (κ2) is 6.54. The van der Waals surface area contributed by atoms with Crippen molar-refractivity contribution in [2.75, 3.05) is 6.61 Å². The Kier molecular flexibility index (Phi) is 5.02. The molecule has 4 nitrogen and oxygen atoms in total. The van der Waals surface area contributed by atoms with Gasteiger partial charge in [-0.1, -0.05) is 6.07 Å². The van der Waals surface area contributed by atoms with Gasteiger partial charge in [-0.2, -0.15) is 5.26 Å². The lowest BCUT2D eigenvalue weighted by atomic mass is 10.1. The minimum atomic E-state index is -0.785. The Hall–Kier alpha value is -2.02. The Labute approximate surface area is 100 Å². The van der Waals surface area contributed by atoms with Gasteiger partial charge in [0.15, 0.2) is 0 Å². The summed E-state index contributed by atoms with van der Waals surface area (Å²) < 4.78 is 5.52. The van der Waals surface area contributed by atoms with Crippen molar-refractivity contribution < 1.29 is 14.6 Å². The Balaban J connectivity index is 2.41. The van der Waals surface area contributed by atoms with E-state index in [0.717, 1.165) is 5.56 Å². The molecular weight excluding hydrogens is 218 g/mol. The Morgan fingerprint density at radius 3 is 2.88 bits per heavy atom.